The lowest BCUT2D eigenvalue weighted by molar-refractivity contribution is -0.118. The van der Waals surface area contributed by atoms with E-state index in [9.17, 15) is 9.59 Å². The molecular formula is C21H27N3O2S. The summed E-state index contributed by atoms with van der Waals surface area (Å²) in [5.41, 5.74) is 4.04. The molecule has 1 atom stereocenters. The molecule has 3 rings (SSSR count). The zero-order valence-corrected chi connectivity index (χ0v) is 17.1. The Balaban J connectivity index is 1.64. The lowest BCUT2D eigenvalue weighted by atomic mass is 9.97. The van der Waals surface area contributed by atoms with Crippen molar-refractivity contribution in [3.8, 4) is 0 Å². The Morgan fingerprint density at radius 1 is 1.26 bits per heavy atom. The molecule has 1 aromatic carbocycles. The number of piperidine rings is 1. The topological polar surface area (TPSA) is 62.3 Å². The normalized spacial score (nSPS) is 17.0. The second-order valence-electron chi connectivity index (χ2n) is 7.38. The first-order valence-corrected chi connectivity index (χ1v) is 10.4. The molecule has 5 nitrogen and oxygen atoms in total. The molecule has 6 heteroatoms. The van der Waals surface area contributed by atoms with E-state index in [0.717, 1.165) is 59.7 Å². The minimum Gasteiger partial charge on any atom is -0.356 e. The molecular weight excluding hydrogens is 358 g/mol. The maximum Gasteiger partial charge on any atom is 0.253 e. The first kappa shape index (κ1) is 19.5. The number of hydrogen-bond acceptors (Lipinski definition) is 4. The second kappa shape index (κ2) is 8.65. The minimum atomic E-state index is -0.0155. The van der Waals surface area contributed by atoms with E-state index in [1.54, 1.807) is 11.3 Å². The maximum atomic E-state index is 13.0. The smallest absolute Gasteiger partial charge is 0.253 e. The SMILES string of the molecule is CC(=O)NCCc1csc([C@@H]2CCCN(C(=O)c3cc(C)cc(C)c3)C2)n1. The molecule has 1 N–H and O–H groups in total. The molecule has 0 spiro atoms. The van der Waals surface area contributed by atoms with Gasteiger partial charge in [0.2, 0.25) is 5.91 Å². The van der Waals surface area contributed by atoms with E-state index in [1.807, 2.05) is 30.9 Å². The molecule has 2 heterocycles. The third-order valence-electron chi connectivity index (χ3n) is 4.85. The summed E-state index contributed by atoms with van der Waals surface area (Å²) < 4.78 is 0. The van der Waals surface area contributed by atoms with Crippen LogP contribution in [0.5, 0.6) is 0 Å². The summed E-state index contributed by atoms with van der Waals surface area (Å²) in [5.74, 6) is 0.403. The molecule has 1 aromatic heterocycles. The summed E-state index contributed by atoms with van der Waals surface area (Å²) in [6.07, 6.45) is 2.81. The monoisotopic (exact) mass is 385 g/mol. The van der Waals surface area contributed by atoms with Gasteiger partial charge in [0.05, 0.1) is 10.7 Å². The van der Waals surface area contributed by atoms with Crippen LogP contribution in [0.4, 0.5) is 0 Å². The second-order valence-corrected chi connectivity index (χ2v) is 8.27. The van der Waals surface area contributed by atoms with Crippen LogP contribution in [0.15, 0.2) is 23.6 Å². The van der Waals surface area contributed by atoms with Gasteiger partial charge in [-0.15, -0.1) is 11.3 Å². The van der Waals surface area contributed by atoms with Crippen molar-refractivity contribution in [2.24, 2.45) is 0 Å². The van der Waals surface area contributed by atoms with E-state index in [-0.39, 0.29) is 11.8 Å². The lowest BCUT2D eigenvalue weighted by Gasteiger charge is -2.32. The van der Waals surface area contributed by atoms with Crippen LogP contribution < -0.4 is 5.32 Å². The van der Waals surface area contributed by atoms with Crippen LogP contribution in [-0.4, -0.2) is 41.3 Å². The fourth-order valence-electron chi connectivity index (χ4n) is 3.64. The van der Waals surface area contributed by atoms with E-state index < -0.39 is 0 Å². The molecule has 0 bridgehead atoms. The number of hydrogen-bond donors (Lipinski definition) is 1. The predicted octanol–water partition coefficient (Wildman–Crippen LogP) is 3.46. The number of amides is 2. The molecule has 0 unspecified atom stereocenters. The van der Waals surface area contributed by atoms with Crippen molar-refractivity contribution < 1.29 is 9.59 Å². The zero-order valence-electron chi connectivity index (χ0n) is 16.2. The molecule has 1 aliphatic heterocycles. The van der Waals surface area contributed by atoms with Gasteiger partial charge in [0, 0.05) is 49.8 Å². The zero-order chi connectivity index (χ0) is 19.4. The van der Waals surface area contributed by atoms with E-state index >= 15 is 0 Å². The summed E-state index contributed by atoms with van der Waals surface area (Å²) in [6.45, 7) is 7.73. The van der Waals surface area contributed by atoms with Gasteiger partial charge in [0.1, 0.15) is 0 Å². The highest BCUT2D eigenvalue weighted by molar-refractivity contribution is 7.09. The third-order valence-corrected chi connectivity index (χ3v) is 5.91. The van der Waals surface area contributed by atoms with Crippen LogP contribution in [0, 0.1) is 13.8 Å². The molecule has 2 aromatic rings. The molecule has 144 valence electrons. The van der Waals surface area contributed by atoms with Gasteiger partial charge in [-0.25, -0.2) is 4.98 Å². The van der Waals surface area contributed by atoms with Gasteiger partial charge < -0.3 is 10.2 Å². The molecule has 2 amide bonds. The largest absolute Gasteiger partial charge is 0.356 e. The number of likely N-dealkylation sites (tertiary alicyclic amines) is 1. The highest BCUT2D eigenvalue weighted by Crippen LogP contribution is 2.30. The van der Waals surface area contributed by atoms with Gasteiger partial charge in [-0.3, -0.25) is 9.59 Å². The van der Waals surface area contributed by atoms with Crippen LogP contribution >= 0.6 is 11.3 Å². The maximum absolute atomic E-state index is 13.0. The minimum absolute atomic E-state index is 0.0155. The number of benzene rings is 1. The standard InChI is InChI=1S/C21H27N3O2S/c1-14-9-15(2)11-18(10-14)21(26)24-8-4-5-17(12-24)20-23-19(13-27-20)6-7-22-16(3)25/h9-11,13,17H,4-8,12H2,1-3H3,(H,22,25)/t17-/m1/s1. The summed E-state index contributed by atoms with van der Waals surface area (Å²) in [4.78, 5) is 30.7. The predicted molar refractivity (Wildman–Crippen MR) is 108 cm³/mol. The van der Waals surface area contributed by atoms with Crippen LogP contribution in [0.1, 0.15) is 57.9 Å². The Hall–Kier alpha value is -2.21. The van der Waals surface area contributed by atoms with Crippen LogP contribution in [0.2, 0.25) is 0 Å². The molecule has 1 fully saturated rings. The molecule has 27 heavy (non-hydrogen) atoms. The van der Waals surface area contributed by atoms with Crippen molar-refractivity contribution in [3.63, 3.8) is 0 Å². The average Bonchev–Trinajstić information content (AvgIpc) is 3.09. The first-order valence-electron chi connectivity index (χ1n) is 9.48. The van der Waals surface area contributed by atoms with Gasteiger partial charge in [-0.05, 0) is 38.8 Å². The number of carbonyl (C=O) groups is 2. The van der Waals surface area contributed by atoms with Crippen molar-refractivity contribution in [3.05, 3.63) is 51.0 Å². The van der Waals surface area contributed by atoms with Gasteiger partial charge in [-0.1, -0.05) is 17.2 Å². The number of thiazole rings is 1. The van der Waals surface area contributed by atoms with Crippen molar-refractivity contribution in [1.29, 1.82) is 0 Å². The van der Waals surface area contributed by atoms with E-state index in [4.69, 9.17) is 4.98 Å². The summed E-state index contributed by atoms with van der Waals surface area (Å²) in [5, 5.41) is 5.98. The van der Waals surface area contributed by atoms with Gasteiger partial charge in [0.25, 0.3) is 5.91 Å². The fourth-order valence-corrected chi connectivity index (χ4v) is 4.62. The summed E-state index contributed by atoms with van der Waals surface area (Å²) >= 11 is 1.67. The van der Waals surface area contributed by atoms with Crippen molar-refractivity contribution in [2.45, 2.75) is 46.0 Å². The fraction of sp³-hybridized carbons (Fsp3) is 0.476. The first-order chi connectivity index (χ1) is 12.9. The highest BCUT2D eigenvalue weighted by atomic mass is 32.1. The summed E-state index contributed by atoms with van der Waals surface area (Å²) in [6, 6.07) is 6.04. The Morgan fingerprint density at radius 3 is 2.70 bits per heavy atom. The summed E-state index contributed by atoms with van der Waals surface area (Å²) in [7, 11) is 0. The molecule has 0 radical (unpaired) electrons. The Kier molecular flexibility index (Phi) is 6.26. The Morgan fingerprint density at radius 2 is 2.00 bits per heavy atom. The highest BCUT2D eigenvalue weighted by Gasteiger charge is 2.27. The quantitative estimate of drug-likeness (QED) is 0.857. The van der Waals surface area contributed by atoms with Crippen LogP contribution in [-0.2, 0) is 11.2 Å². The lowest BCUT2D eigenvalue weighted by Crippen LogP contribution is -2.39. The molecule has 0 aliphatic carbocycles. The van der Waals surface area contributed by atoms with Crippen molar-refractivity contribution in [1.82, 2.24) is 15.2 Å². The van der Waals surface area contributed by atoms with Crippen molar-refractivity contribution >= 4 is 23.2 Å². The molecule has 1 aliphatic rings. The van der Waals surface area contributed by atoms with Crippen LogP contribution in [0.25, 0.3) is 0 Å². The molecule has 1 saturated heterocycles. The Labute approximate surface area is 164 Å². The van der Waals surface area contributed by atoms with Crippen LogP contribution in [0.3, 0.4) is 0 Å². The van der Waals surface area contributed by atoms with Gasteiger partial charge in [0.15, 0.2) is 0 Å². The van der Waals surface area contributed by atoms with E-state index in [1.165, 1.54) is 6.92 Å². The van der Waals surface area contributed by atoms with Crippen molar-refractivity contribution in [2.75, 3.05) is 19.6 Å². The Bertz CT molecular complexity index is 810. The number of aromatic nitrogens is 1. The number of nitrogens with one attached hydrogen (secondary N) is 1. The average molecular weight is 386 g/mol. The number of rotatable bonds is 5. The van der Waals surface area contributed by atoms with Gasteiger partial charge >= 0.3 is 0 Å². The number of carbonyl (C=O) groups excluding carboxylic acids is 2. The number of aryl methyl sites for hydroxylation is 2. The van der Waals surface area contributed by atoms with E-state index in [2.05, 4.69) is 16.8 Å². The molecule has 0 saturated carbocycles. The third kappa shape index (κ3) is 5.16. The van der Waals surface area contributed by atoms with E-state index in [0.29, 0.717) is 12.5 Å². The number of nitrogens with zero attached hydrogens (tertiary/aromatic N) is 2. The van der Waals surface area contributed by atoms with Gasteiger partial charge in [-0.2, -0.15) is 0 Å².